The van der Waals surface area contributed by atoms with Crippen LogP contribution >= 0.6 is 11.6 Å². The lowest BCUT2D eigenvalue weighted by Gasteiger charge is -2.12. The van der Waals surface area contributed by atoms with E-state index in [2.05, 4.69) is 9.98 Å². The van der Waals surface area contributed by atoms with Crippen LogP contribution in [0.5, 0.6) is 0 Å². The van der Waals surface area contributed by atoms with Crippen molar-refractivity contribution in [1.82, 2.24) is 14.1 Å². The molecule has 0 unspecified atom stereocenters. The lowest BCUT2D eigenvalue weighted by Crippen LogP contribution is -2.40. The molecule has 2 aliphatic carbocycles. The normalized spacial score (nSPS) is 19.3. The Bertz CT molecular complexity index is 995. The third-order valence-corrected chi connectivity index (χ3v) is 5.08. The molecule has 3 aliphatic rings. The first-order chi connectivity index (χ1) is 11.6. The summed E-state index contributed by atoms with van der Waals surface area (Å²) in [6, 6.07) is 3.81. The van der Waals surface area contributed by atoms with Gasteiger partial charge >= 0.3 is 5.69 Å². The third-order valence-electron chi connectivity index (χ3n) is 4.86. The highest BCUT2D eigenvalue weighted by Crippen LogP contribution is 2.40. The standard InChI is InChI=1S/C17H15ClN4O2/c18-14-6-1-9(8-19-14)13-7-12-15(20-13)21(10-2-3-10)17(24)22(16(12)23)11-4-5-11/h1,6,8,10-11H,2-5,7H2. The zero-order chi connectivity index (χ0) is 16.4. The number of halogens is 1. The molecule has 6 nitrogen and oxygen atoms in total. The van der Waals surface area contributed by atoms with Gasteiger partial charge in [-0.2, -0.15) is 0 Å². The van der Waals surface area contributed by atoms with Gasteiger partial charge in [0.25, 0.3) is 5.56 Å². The Hall–Kier alpha value is -2.21. The molecule has 3 heterocycles. The summed E-state index contributed by atoms with van der Waals surface area (Å²) in [5.41, 5.74) is 1.88. The van der Waals surface area contributed by atoms with Crippen LogP contribution < -0.4 is 11.2 Å². The number of rotatable bonds is 3. The molecule has 2 aromatic rings. The van der Waals surface area contributed by atoms with Crippen LogP contribution in [0.15, 0.2) is 32.9 Å². The van der Waals surface area contributed by atoms with Gasteiger partial charge in [0.05, 0.1) is 11.3 Å². The van der Waals surface area contributed by atoms with E-state index < -0.39 is 0 Å². The summed E-state index contributed by atoms with van der Waals surface area (Å²) >= 11 is 5.84. The van der Waals surface area contributed by atoms with Crippen LogP contribution in [0.2, 0.25) is 5.15 Å². The van der Waals surface area contributed by atoms with Gasteiger partial charge in [0.2, 0.25) is 0 Å². The molecule has 2 fully saturated rings. The average molecular weight is 343 g/mol. The third kappa shape index (κ3) is 2.09. The highest BCUT2D eigenvalue weighted by Gasteiger charge is 2.37. The fourth-order valence-corrected chi connectivity index (χ4v) is 3.43. The lowest BCUT2D eigenvalue weighted by molar-refractivity contribution is 0.569. The van der Waals surface area contributed by atoms with E-state index in [9.17, 15) is 9.59 Å². The van der Waals surface area contributed by atoms with Crippen molar-refractivity contribution >= 4 is 23.1 Å². The van der Waals surface area contributed by atoms with Crippen molar-refractivity contribution in [2.75, 3.05) is 0 Å². The zero-order valence-corrected chi connectivity index (χ0v) is 13.7. The fourth-order valence-electron chi connectivity index (χ4n) is 3.32. The summed E-state index contributed by atoms with van der Waals surface area (Å²) in [6.45, 7) is 0. The number of aromatic nitrogens is 3. The van der Waals surface area contributed by atoms with Gasteiger partial charge in [-0.25, -0.2) is 14.8 Å². The maximum atomic E-state index is 12.8. The Morgan fingerprint density at radius 3 is 2.38 bits per heavy atom. The van der Waals surface area contributed by atoms with E-state index in [1.807, 2.05) is 6.07 Å². The molecule has 0 N–H and O–H groups in total. The molecule has 0 spiro atoms. The minimum absolute atomic E-state index is 0.0709. The number of pyridine rings is 1. The van der Waals surface area contributed by atoms with Gasteiger partial charge in [-0.15, -0.1) is 0 Å². The molecule has 0 atom stereocenters. The minimum Gasteiger partial charge on any atom is -0.274 e. The first-order valence-corrected chi connectivity index (χ1v) is 8.60. The van der Waals surface area contributed by atoms with Gasteiger partial charge < -0.3 is 0 Å². The van der Waals surface area contributed by atoms with Crippen molar-refractivity contribution in [3.05, 3.63) is 55.4 Å². The summed E-state index contributed by atoms with van der Waals surface area (Å²) < 4.78 is 3.20. The molecule has 0 radical (unpaired) electrons. The summed E-state index contributed by atoms with van der Waals surface area (Å²) in [7, 11) is 0. The van der Waals surface area contributed by atoms with Crippen LogP contribution in [0.4, 0.5) is 5.82 Å². The first kappa shape index (κ1) is 14.2. The van der Waals surface area contributed by atoms with Crippen LogP contribution in [0.3, 0.4) is 0 Å². The quantitative estimate of drug-likeness (QED) is 0.804. The van der Waals surface area contributed by atoms with Crippen molar-refractivity contribution in [2.45, 2.75) is 44.2 Å². The summed E-state index contributed by atoms with van der Waals surface area (Å²) in [6.07, 6.45) is 5.87. The van der Waals surface area contributed by atoms with E-state index in [0.29, 0.717) is 23.0 Å². The summed E-state index contributed by atoms with van der Waals surface area (Å²) in [5.74, 6) is 0.550. The highest BCUT2D eigenvalue weighted by molar-refractivity contribution is 6.29. The number of fused-ring (bicyclic) bond motifs is 1. The van der Waals surface area contributed by atoms with Gasteiger partial charge in [0, 0.05) is 30.3 Å². The van der Waals surface area contributed by atoms with Crippen LogP contribution in [-0.4, -0.2) is 19.8 Å². The molecular weight excluding hydrogens is 328 g/mol. The highest BCUT2D eigenvalue weighted by atomic mass is 35.5. The fraction of sp³-hybridized carbons (Fsp3) is 0.412. The van der Waals surface area contributed by atoms with E-state index in [-0.39, 0.29) is 23.3 Å². The molecular formula is C17H15ClN4O2. The second kappa shape index (κ2) is 4.89. The van der Waals surface area contributed by atoms with Crippen molar-refractivity contribution in [2.24, 2.45) is 4.99 Å². The van der Waals surface area contributed by atoms with Crippen molar-refractivity contribution in [3.63, 3.8) is 0 Å². The molecule has 0 amide bonds. The Balaban J connectivity index is 1.69. The number of hydrogen-bond acceptors (Lipinski definition) is 4. The van der Waals surface area contributed by atoms with Crippen molar-refractivity contribution in [1.29, 1.82) is 0 Å². The minimum atomic E-state index is -0.192. The van der Waals surface area contributed by atoms with Crippen LogP contribution in [-0.2, 0) is 6.42 Å². The maximum absolute atomic E-state index is 12.8. The van der Waals surface area contributed by atoms with Gasteiger partial charge in [0.1, 0.15) is 11.0 Å². The van der Waals surface area contributed by atoms with Crippen LogP contribution in [0, 0.1) is 0 Å². The van der Waals surface area contributed by atoms with Gasteiger partial charge in [-0.3, -0.25) is 13.9 Å². The Morgan fingerprint density at radius 2 is 1.75 bits per heavy atom. The van der Waals surface area contributed by atoms with Crippen LogP contribution in [0.25, 0.3) is 0 Å². The van der Waals surface area contributed by atoms with E-state index in [4.69, 9.17) is 11.6 Å². The Kier molecular flexibility index (Phi) is 2.89. The summed E-state index contributed by atoms with van der Waals surface area (Å²) in [5, 5.41) is 0.417. The predicted octanol–water partition coefficient (Wildman–Crippen LogP) is 2.41. The predicted molar refractivity (Wildman–Crippen MR) is 90.7 cm³/mol. The summed E-state index contributed by atoms with van der Waals surface area (Å²) in [4.78, 5) is 34.4. The first-order valence-electron chi connectivity index (χ1n) is 8.23. The Labute approximate surface area is 142 Å². The average Bonchev–Trinajstić information content (AvgIpc) is 3.48. The molecule has 0 bridgehead atoms. The molecule has 24 heavy (non-hydrogen) atoms. The van der Waals surface area contributed by atoms with E-state index in [1.54, 1.807) is 16.8 Å². The number of hydrogen-bond donors (Lipinski definition) is 0. The number of aliphatic imine (C=N–C) groups is 1. The lowest BCUT2D eigenvalue weighted by atomic mass is 10.1. The number of nitrogens with zero attached hydrogens (tertiary/aromatic N) is 4. The van der Waals surface area contributed by atoms with Crippen molar-refractivity contribution in [3.8, 4) is 0 Å². The van der Waals surface area contributed by atoms with Gasteiger partial charge in [-0.1, -0.05) is 11.6 Å². The topological polar surface area (TPSA) is 69.2 Å². The maximum Gasteiger partial charge on any atom is 0.333 e. The Morgan fingerprint density at radius 1 is 1.04 bits per heavy atom. The van der Waals surface area contributed by atoms with E-state index in [0.717, 1.165) is 37.0 Å². The van der Waals surface area contributed by atoms with Crippen LogP contribution in [0.1, 0.15) is 48.9 Å². The van der Waals surface area contributed by atoms with Gasteiger partial charge in [-0.05, 0) is 37.8 Å². The SMILES string of the molecule is O=c1c2c(n(C3CC3)c(=O)n1C1CC1)N=C(c1ccc(Cl)nc1)C2. The largest absolute Gasteiger partial charge is 0.333 e. The molecule has 7 heteroatoms. The second-order valence-electron chi connectivity index (χ2n) is 6.70. The zero-order valence-electron chi connectivity index (χ0n) is 12.9. The van der Waals surface area contributed by atoms with Gasteiger partial charge in [0.15, 0.2) is 0 Å². The molecule has 0 saturated heterocycles. The second-order valence-corrected chi connectivity index (χ2v) is 7.08. The smallest absolute Gasteiger partial charge is 0.274 e. The van der Waals surface area contributed by atoms with Crippen molar-refractivity contribution < 1.29 is 0 Å². The van der Waals surface area contributed by atoms with E-state index in [1.165, 1.54) is 4.57 Å². The molecule has 1 aliphatic heterocycles. The van der Waals surface area contributed by atoms with E-state index >= 15 is 0 Å². The molecule has 2 saturated carbocycles. The monoisotopic (exact) mass is 342 g/mol. The molecule has 2 aromatic heterocycles. The molecule has 122 valence electrons. The molecule has 0 aromatic carbocycles. The molecule has 5 rings (SSSR count).